The second-order valence-electron chi connectivity index (χ2n) is 6.41. The molecule has 2 rings (SSSR count). The van der Waals surface area contributed by atoms with Crippen molar-refractivity contribution in [1.29, 1.82) is 0 Å². The number of aliphatic imine (C=N–C) groups is 1. The summed E-state index contributed by atoms with van der Waals surface area (Å²) >= 11 is 1.75. The molecule has 0 bridgehead atoms. The van der Waals surface area contributed by atoms with Gasteiger partial charge in [0.05, 0.1) is 20.8 Å². The second-order valence-corrected chi connectivity index (χ2v) is 7.44. The van der Waals surface area contributed by atoms with E-state index in [2.05, 4.69) is 41.7 Å². The minimum Gasteiger partial charge on any atom is -0.493 e. The van der Waals surface area contributed by atoms with E-state index in [0.29, 0.717) is 12.5 Å². The molecule has 1 heterocycles. The Labute approximate surface area is 177 Å². The predicted octanol–water partition coefficient (Wildman–Crippen LogP) is 3.81. The first-order chi connectivity index (χ1) is 12.0. The van der Waals surface area contributed by atoms with Crippen molar-refractivity contribution in [3.8, 4) is 11.5 Å². The standard InChI is InChI=1S/C19H27N3O2S.HI/c1-19(2,14-7-8-16(23-3)17(12-14)24-4)13-22-18(20)21-10-9-15-6-5-11-25-15;/h5-8,11-12H,9-10,13H2,1-4H3,(H3,20,21,22);1H. The number of thiophene rings is 1. The van der Waals surface area contributed by atoms with Gasteiger partial charge >= 0.3 is 0 Å². The number of methoxy groups -OCH3 is 2. The minimum atomic E-state index is -0.167. The lowest BCUT2D eigenvalue weighted by molar-refractivity contribution is 0.353. The maximum Gasteiger partial charge on any atom is 0.188 e. The molecule has 3 N–H and O–H groups in total. The van der Waals surface area contributed by atoms with Crippen molar-refractivity contribution >= 4 is 41.3 Å². The Morgan fingerprint density at radius 1 is 1.19 bits per heavy atom. The fraction of sp³-hybridized carbons (Fsp3) is 0.421. The summed E-state index contributed by atoms with van der Waals surface area (Å²) in [6.45, 7) is 5.64. The average molecular weight is 489 g/mol. The smallest absolute Gasteiger partial charge is 0.188 e. The number of nitrogens with one attached hydrogen (secondary N) is 1. The van der Waals surface area contributed by atoms with Crippen LogP contribution in [0, 0.1) is 0 Å². The Hall–Kier alpha value is -1.48. The SMILES string of the molecule is COc1ccc(C(C)(C)CN=C(N)NCCc2cccs2)cc1OC.I. The number of nitrogens with two attached hydrogens (primary N) is 1. The van der Waals surface area contributed by atoms with E-state index >= 15 is 0 Å². The van der Waals surface area contributed by atoms with Crippen LogP contribution in [-0.4, -0.2) is 33.3 Å². The molecule has 0 aliphatic heterocycles. The molecule has 2 aromatic rings. The molecule has 26 heavy (non-hydrogen) atoms. The number of hydrogen-bond acceptors (Lipinski definition) is 4. The van der Waals surface area contributed by atoms with Gasteiger partial charge in [0, 0.05) is 16.8 Å². The van der Waals surface area contributed by atoms with Crippen molar-refractivity contribution < 1.29 is 9.47 Å². The maximum atomic E-state index is 6.00. The number of benzene rings is 1. The summed E-state index contributed by atoms with van der Waals surface area (Å²) in [7, 11) is 3.28. The molecule has 0 aliphatic carbocycles. The first kappa shape index (κ1) is 22.6. The lowest BCUT2D eigenvalue weighted by Crippen LogP contribution is -2.35. The lowest BCUT2D eigenvalue weighted by atomic mass is 9.84. The van der Waals surface area contributed by atoms with Gasteiger partial charge in [-0.3, -0.25) is 4.99 Å². The molecule has 0 spiro atoms. The van der Waals surface area contributed by atoms with Gasteiger partial charge in [0.2, 0.25) is 0 Å². The van der Waals surface area contributed by atoms with E-state index in [1.54, 1.807) is 25.6 Å². The van der Waals surface area contributed by atoms with Crippen LogP contribution in [0.5, 0.6) is 11.5 Å². The van der Waals surface area contributed by atoms with Gasteiger partial charge in [0.25, 0.3) is 0 Å². The molecule has 144 valence electrons. The normalized spacial score (nSPS) is 11.6. The van der Waals surface area contributed by atoms with Crippen molar-refractivity contribution in [2.24, 2.45) is 10.7 Å². The summed E-state index contributed by atoms with van der Waals surface area (Å²) < 4.78 is 10.7. The largest absolute Gasteiger partial charge is 0.493 e. The molecule has 7 heteroatoms. The Morgan fingerprint density at radius 3 is 2.54 bits per heavy atom. The monoisotopic (exact) mass is 489 g/mol. The summed E-state index contributed by atoms with van der Waals surface area (Å²) in [4.78, 5) is 5.84. The Kier molecular flexibility index (Phi) is 9.21. The van der Waals surface area contributed by atoms with E-state index in [0.717, 1.165) is 30.0 Å². The third-order valence-electron chi connectivity index (χ3n) is 4.07. The first-order valence-corrected chi connectivity index (χ1v) is 9.13. The number of guanidine groups is 1. The Balaban J connectivity index is 0.00000338. The molecule has 0 aliphatic rings. The van der Waals surface area contributed by atoms with Gasteiger partial charge < -0.3 is 20.5 Å². The van der Waals surface area contributed by atoms with E-state index in [1.807, 2.05) is 18.2 Å². The third-order valence-corrected chi connectivity index (χ3v) is 5.00. The van der Waals surface area contributed by atoms with E-state index in [1.165, 1.54) is 4.88 Å². The average Bonchev–Trinajstić information content (AvgIpc) is 3.12. The van der Waals surface area contributed by atoms with Crippen LogP contribution >= 0.6 is 35.3 Å². The zero-order valence-electron chi connectivity index (χ0n) is 15.7. The van der Waals surface area contributed by atoms with Crippen molar-refractivity contribution in [3.63, 3.8) is 0 Å². The van der Waals surface area contributed by atoms with Gasteiger partial charge in [-0.2, -0.15) is 0 Å². The maximum absolute atomic E-state index is 6.00. The van der Waals surface area contributed by atoms with Crippen LogP contribution in [0.2, 0.25) is 0 Å². The summed E-state index contributed by atoms with van der Waals surface area (Å²) in [6.07, 6.45) is 0.951. The van der Waals surface area contributed by atoms with Crippen molar-refractivity contribution in [2.45, 2.75) is 25.7 Å². The molecule has 0 saturated heterocycles. The molecule has 0 unspecified atom stereocenters. The molecule has 0 fully saturated rings. The van der Waals surface area contributed by atoms with E-state index in [-0.39, 0.29) is 29.4 Å². The predicted molar refractivity (Wildman–Crippen MR) is 121 cm³/mol. The molecule has 0 radical (unpaired) electrons. The van der Waals surface area contributed by atoms with Crippen molar-refractivity contribution in [3.05, 3.63) is 46.2 Å². The quantitative estimate of drug-likeness (QED) is 0.336. The molecular weight excluding hydrogens is 461 g/mol. The Bertz CT molecular complexity index is 703. The zero-order chi connectivity index (χ0) is 18.3. The second kappa shape index (κ2) is 10.6. The fourth-order valence-electron chi connectivity index (χ4n) is 2.46. The van der Waals surface area contributed by atoms with Gasteiger partial charge in [-0.1, -0.05) is 26.0 Å². The Morgan fingerprint density at radius 2 is 1.92 bits per heavy atom. The van der Waals surface area contributed by atoms with Crippen LogP contribution in [-0.2, 0) is 11.8 Å². The summed E-state index contributed by atoms with van der Waals surface area (Å²) in [5.41, 5.74) is 6.96. The minimum absolute atomic E-state index is 0. The van der Waals surface area contributed by atoms with Crippen LogP contribution in [0.3, 0.4) is 0 Å². The molecule has 0 amide bonds. The topological polar surface area (TPSA) is 68.9 Å². The van der Waals surface area contributed by atoms with Crippen molar-refractivity contribution in [2.75, 3.05) is 27.3 Å². The molecule has 0 atom stereocenters. The van der Waals surface area contributed by atoms with E-state index < -0.39 is 0 Å². The summed E-state index contributed by atoms with van der Waals surface area (Å²) in [6, 6.07) is 10.1. The van der Waals surface area contributed by atoms with Gasteiger partial charge in [0.1, 0.15) is 0 Å². The van der Waals surface area contributed by atoms with Crippen LogP contribution in [0.4, 0.5) is 0 Å². The van der Waals surface area contributed by atoms with Crippen molar-refractivity contribution in [1.82, 2.24) is 5.32 Å². The highest BCUT2D eigenvalue weighted by molar-refractivity contribution is 14.0. The third kappa shape index (κ3) is 6.35. The van der Waals surface area contributed by atoms with Gasteiger partial charge in [-0.25, -0.2) is 0 Å². The highest BCUT2D eigenvalue weighted by atomic mass is 127. The van der Waals surface area contributed by atoms with Crippen LogP contribution in [0.1, 0.15) is 24.3 Å². The number of rotatable bonds is 8. The summed E-state index contributed by atoms with van der Waals surface area (Å²) in [5.74, 6) is 1.92. The first-order valence-electron chi connectivity index (χ1n) is 8.25. The number of nitrogens with zero attached hydrogens (tertiary/aromatic N) is 1. The van der Waals surface area contributed by atoms with E-state index in [9.17, 15) is 0 Å². The van der Waals surface area contributed by atoms with Crippen LogP contribution in [0.15, 0.2) is 40.7 Å². The summed E-state index contributed by atoms with van der Waals surface area (Å²) in [5, 5.41) is 5.26. The van der Waals surface area contributed by atoms with Gasteiger partial charge in [-0.15, -0.1) is 35.3 Å². The fourth-order valence-corrected chi connectivity index (χ4v) is 3.16. The highest BCUT2D eigenvalue weighted by Crippen LogP contribution is 2.33. The lowest BCUT2D eigenvalue weighted by Gasteiger charge is -2.24. The van der Waals surface area contributed by atoms with Crippen LogP contribution < -0.4 is 20.5 Å². The number of ether oxygens (including phenoxy) is 2. The van der Waals surface area contributed by atoms with Crippen LogP contribution in [0.25, 0.3) is 0 Å². The number of hydrogen-bond donors (Lipinski definition) is 2. The number of halogens is 1. The molecule has 5 nitrogen and oxygen atoms in total. The molecular formula is C19H28IN3O2S. The molecule has 1 aromatic carbocycles. The highest BCUT2D eigenvalue weighted by Gasteiger charge is 2.22. The zero-order valence-corrected chi connectivity index (χ0v) is 18.9. The van der Waals surface area contributed by atoms with Gasteiger partial charge in [-0.05, 0) is 35.6 Å². The van der Waals surface area contributed by atoms with E-state index in [4.69, 9.17) is 15.2 Å². The molecule has 0 saturated carbocycles. The molecule has 1 aromatic heterocycles. The van der Waals surface area contributed by atoms with Gasteiger partial charge in [0.15, 0.2) is 17.5 Å².